The predicted molar refractivity (Wildman–Crippen MR) is 91.1 cm³/mol. The van der Waals surface area contributed by atoms with Crippen molar-refractivity contribution in [1.29, 1.82) is 0 Å². The van der Waals surface area contributed by atoms with Crippen molar-refractivity contribution in [2.24, 2.45) is 0 Å². The smallest absolute Gasteiger partial charge is 0.423 e. The van der Waals surface area contributed by atoms with Gasteiger partial charge in [0.15, 0.2) is 0 Å². The highest BCUT2D eigenvalue weighted by atomic mass is 19.4. The zero-order valence-corrected chi connectivity index (χ0v) is 14.7. The summed E-state index contributed by atoms with van der Waals surface area (Å²) in [7, 11) is 0. The van der Waals surface area contributed by atoms with Gasteiger partial charge in [0.05, 0.1) is 6.61 Å². The lowest BCUT2D eigenvalue weighted by atomic mass is 10.2. The van der Waals surface area contributed by atoms with Gasteiger partial charge in [-0.3, -0.25) is 0 Å². The number of hydrogen-bond donors (Lipinski definition) is 0. The molecule has 0 fully saturated rings. The third-order valence-corrected chi connectivity index (χ3v) is 3.73. The van der Waals surface area contributed by atoms with Crippen molar-refractivity contribution < 1.29 is 22.3 Å². The second kappa shape index (κ2) is 8.82. The SMILES string of the molecule is CCCCCOc1nc(N(CC)c2ccc(F)cc2)ncc1C(F)(F)F. The summed E-state index contributed by atoms with van der Waals surface area (Å²) >= 11 is 0. The van der Waals surface area contributed by atoms with Gasteiger partial charge in [-0.2, -0.15) is 18.2 Å². The lowest BCUT2D eigenvalue weighted by molar-refractivity contribution is -0.139. The van der Waals surface area contributed by atoms with E-state index in [-0.39, 0.29) is 12.6 Å². The van der Waals surface area contributed by atoms with Crippen molar-refractivity contribution in [1.82, 2.24) is 9.97 Å². The number of rotatable bonds is 8. The number of ether oxygens (including phenoxy) is 1. The summed E-state index contributed by atoms with van der Waals surface area (Å²) < 4.78 is 58.0. The second-order valence-electron chi connectivity index (χ2n) is 5.66. The minimum Gasteiger partial charge on any atom is -0.477 e. The molecule has 2 aromatic rings. The Bertz CT molecular complexity index is 705. The zero-order valence-electron chi connectivity index (χ0n) is 14.7. The molecular weight excluding hydrogens is 350 g/mol. The molecule has 1 aromatic carbocycles. The Balaban J connectivity index is 2.34. The zero-order chi connectivity index (χ0) is 19.2. The van der Waals surface area contributed by atoms with Crippen LogP contribution < -0.4 is 9.64 Å². The molecule has 0 atom stereocenters. The average molecular weight is 371 g/mol. The molecule has 4 nitrogen and oxygen atoms in total. The van der Waals surface area contributed by atoms with Crippen LogP contribution in [0.3, 0.4) is 0 Å². The van der Waals surface area contributed by atoms with E-state index in [1.54, 1.807) is 11.8 Å². The van der Waals surface area contributed by atoms with Crippen molar-refractivity contribution in [3.8, 4) is 5.88 Å². The summed E-state index contributed by atoms with van der Waals surface area (Å²) in [5.74, 6) is -0.824. The molecule has 0 bridgehead atoms. The Morgan fingerprint density at radius 2 is 1.77 bits per heavy atom. The van der Waals surface area contributed by atoms with E-state index >= 15 is 0 Å². The molecule has 0 amide bonds. The number of nitrogens with zero attached hydrogens (tertiary/aromatic N) is 3. The molecule has 0 aliphatic heterocycles. The van der Waals surface area contributed by atoms with Crippen molar-refractivity contribution >= 4 is 11.6 Å². The molecule has 0 saturated heterocycles. The number of unbranched alkanes of at least 4 members (excludes halogenated alkanes) is 2. The highest BCUT2D eigenvalue weighted by Gasteiger charge is 2.36. The van der Waals surface area contributed by atoms with Gasteiger partial charge in [-0.1, -0.05) is 19.8 Å². The molecule has 2 rings (SSSR count). The molecular formula is C18H21F4N3O. The molecule has 8 heteroatoms. The van der Waals surface area contributed by atoms with E-state index in [0.29, 0.717) is 18.7 Å². The molecule has 1 heterocycles. The van der Waals surface area contributed by atoms with Crippen LogP contribution in [-0.4, -0.2) is 23.1 Å². The summed E-state index contributed by atoms with van der Waals surface area (Å²) in [6, 6.07) is 5.57. The highest BCUT2D eigenvalue weighted by molar-refractivity contribution is 5.57. The maximum absolute atomic E-state index is 13.2. The fourth-order valence-electron chi connectivity index (χ4n) is 2.37. The van der Waals surface area contributed by atoms with Crippen molar-refractivity contribution in [2.75, 3.05) is 18.1 Å². The summed E-state index contributed by atoms with van der Waals surface area (Å²) in [4.78, 5) is 9.41. The Kier molecular flexibility index (Phi) is 6.76. The summed E-state index contributed by atoms with van der Waals surface area (Å²) in [5.41, 5.74) is -0.432. The number of halogens is 4. The van der Waals surface area contributed by atoms with E-state index in [9.17, 15) is 17.6 Å². The minimum atomic E-state index is -4.61. The van der Waals surface area contributed by atoms with E-state index in [1.165, 1.54) is 24.3 Å². The van der Waals surface area contributed by atoms with Gasteiger partial charge < -0.3 is 9.64 Å². The lowest BCUT2D eigenvalue weighted by Crippen LogP contribution is -2.21. The molecule has 0 N–H and O–H groups in total. The Hall–Kier alpha value is -2.38. The number of benzene rings is 1. The van der Waals surface area contributed by atoms with Crippen LogP contribution in [0, 0.1) is 5.82 Å². The van der Waals surface area contributed by atoms with E-state index in [4.69, 9.17) is 4.74 Å². The molecule has 1 aromatic heterocycles. The minimum absolute atomic E-state index is 0.0672. The van der Waals surface area contributed by atoms with E-state index < -0.39 is 23.4 Å². The Morgan fingerprint density at radius 3 is 2.35 bits per heavy atom. The highest BCUT2D eigenvalue weighted by Crippen LogP contribution is 2.36. The van der Waals surface area contributed by atoms with E-state index in [2.05, 4.69) is 9.97 Å². The summed E-state index contributed by atoms with van der Waals surface area (Å²) in [5, 5.41) is 0. The molecule has 0 aliphatic rings. The van der Waals surface area contributed by atoms with Crippen molar-refractivity contribution in [3.05, 3.63) is 41.8 Å². The van der Waals surface area contributed by atoms with Gasteiger partial charge in [0.2, 0.25) is 11.8 Å². The van der Waals surface area contributed by atoms with Gasteiger partial charge in [-0.25, -0.2) is 9.37 Å². The number of hydrogen-bond acceptors (Lipinski definition) is 4. The molecule has 0 saturated carbocycles. The standard InChI is InChI=1S/C18H21F4N3O/c1-3-5-6-11-26-16-15(18(20,21)22)12-23-17(24-16)25(4-2)14-9-7-13(19)8-10-14/h7-10,12H,3-6,11H2,1-2H3. The maximum Gasteiger partial charge on any atom is 0.423 e. The first-order valence-corrected chi connectivity index (χ1v) is 8.47. The number of anilines is 2. The first kappa shape index (κ1) is 19.9. The van der Waals surface area contributed by atoms with Gasteiger partial charge in [0.25, 0.3) is 0 Å². The average Bonchev–Trinajstić information content (AvgIpc) is 2.60. The van der Waals surface area contributed by atoms with Crippen LogP contribution in [0.5, 0.6) is 5.88 Å². The molecule has 26 heavy (non-hydrogen) atoms. The van der Waals surface area contributed by atoms with Crippen molar-refractivity contribution in [2.45, 2.75) is 39.3 Å². The van der Waals surface area contributed by atoms with Crippen LogP contribution in [0.2, 0.25) is 0 Å². The van der Waals surface area contributed by atoms with Gasteiger partial charge in [-0.05, 0) is 37.6 Å². The fraction of sp³-hybridized carbons (Fsp3) is 0.444. The molecule has 0 radical (unpaired) electrons. The maximum atomic E-state index is 13.2. The van der Waals surface area contributed by atoms with Crippen LogP contribution in [-0.2, 0) is 6.18 Å². The fourth-order valence-corrected chi connectivity index (χ4v) is 2.37. The number of alkyl halides is 3. The molecule has 0 unspecified atom stereocenters. The largest absolute Gasteiger partial charge is 0.477 e. The topological polar surface area (TPSA) is 38.2 Å². The lowest BCUT2D eigenvalue weighted by Gasteiger charge is -2.22. The third kappa shape index (κ3) is 5.06. The normalized spacial score (nSPS) is 11.5. The van der Waals surface area contributed by atoms with Crippen LogP contribution in [0.15, 0.2) is 30.5 Å². The van der Waals surface area contributed by atoms with Gasteiger partial charge in [0.1, 0.15) is 11.4 Å². The van der Waals surface area contributed by atoms with E-state index in [1.807, 2.05) is 6.92 Å². The Labute approximate surface area is 149 Å². The predicted octanol–water partition coefficient (Wildman–Crippen LogP) is 5.36. The molecule has 0 spiro atoms. The first-order chi connectivity index (χ1) is 12.4. The summed E-state index contributed by atoms with van der Waals surface area (Å²) in [6.07, 6.45) is -1.45. The molecule has 142 valence electrons. The summed E-state index contributed by atoms with van der Waals surface area (Å²) in [6.45, 7) is 4.33. The van der Waals surface area contributed by atoms with Gasteiger partial charge >= 0.3 is 6.18 Å². The van der Waals surface area contributed by atoms with Gasteiger partial charge in [0, 0.05) is 18.4 Å². The number of aromatic nitrogens is 2. The third-order valence-electron chi connectivity index (χ3n) is 3.73. The van der Waals surface area contributed by atoms with Crippen LogP contribution in [0.4, 0.5) is 29.2 Å². The first-order valence-electron chi connectivity index (χ1n) is 8.47. The quantitative estimate of drug-likeness (QED) is 0.462. The second-order valence-corrected chi connectivity index (χ2v) is 5.66. The van der Waals surface area contributed by atoms with Crippen molar-refractivity contribution in [3.63, 3.8) is 0 Å². The van der Waals surface area contributed by atoms with Crippen LogP contribution in [0.1, 0.15) is 38.7 Å². The molecule has 0 aliphatic carbocycles. The Morgan fingerprint density at radius 1 is 1.08 bits per heavy atom. The monoisotopic (exact) mass is 371 g/mol. The van der Waals surface area contributed by atoms with Crippen LogP contribution in [0.25, 0.3) is 0 Å². The van der Waals surface area contributed by atoms with Crippen LogP contribution >= 0.6 is 0 Å². The van der Waals surface area contributed by atoms with Gasteiger partial charge in [-0.15, -0.1) is 0 Å². The van der Waals surface area contributed by atoms with E-state index in [0.717, 1.165) is 19.0 Å².